The van der Waals surface area contributed by atoms with Crippen LogP contribution in [0.1, 0.15) is 26.7 Å². The molecule has 0 aliphatic carbocycles. The Morgan fingerprint density at radius 2 is 2.16 bits per heavy atom. The summed E-state index contributed by atoms with van der Waals surface area (Å²) < 4.78 is 1.75. The second-order valence-electron chi connectivity index (χ2n) is 5.37. The topological polar surface area (TPSA) is 53.3 Å². The van der Waals surface area contributed by atoms with E-state index in [1.54, 1.807) is 10.9 Å². The minimum atomic E-state index is -0.377. The molecule has 0 bridgehead atoms. The van der Waals surface area contributed by atoms with Crippen LogP contribution in [-0.4, -0.2) is 58.6 Å². The fourth-order valence-electron chi connectivity index (χ4n) is 1.83. The van der Waals surface area contributed by atoms with Crippen molar-refractivity contribution in [1.82, 2.24) is 20.0 Å². The van der Waals surface area contributed by atoms with Gasteiger partial charge in [-0.1, -0.05) is 0 Å². The van der Waals surface area contributed by atoms with Crippen molar-refractivity contribution in [3.63, 3.8) is 0 Å². The highest BCUT2D eigenvalue weighted by Crippen LogP contribution is 1.97. The van der Waals surface area contributed by atoms with Crippen LogP contribution in [0, 0.1) is 0 Å². The average molecular weight is 268 g/mol. The average Bonchev–Trinajstić information content (AvgIpc) is 2.85. The smallest absolute Gasteiger partial charge is 0.0860 e. The number of hydrogen-bond donors (Lipinski definition) is 2. The van der Waals surface area contributed by atoms with Crippen LogP contribution in [0.25, 0.3) is 0 Å². The van der Waals surface area contributed by atoms with Gasteiger partial charge in [0.15, 0.2) is 0 Å². The van der Waals surface area contributed by atoms with Crippen LogP contribution in [-0.2, 0) is 6.54 Å². The number of aliphatic hydroxyl groups is 1. The Labute approximate surface area is 116 Å². The van der Waals surface area contributed by atoms with Gasteiger partial charge in [0.25, 0.3) is 0 Å². The number of nitrogens with zero attached hydrogens (tertiary/aromatic N) is 3. The molecule has 5 nitrogen and oxygen atoms in total. The molecule has 0 aromatic carbocycles. The summed E-state index contributed by atoms with van der Waals surface area (Å²) >= 11 is 0. The minimum absolute atomic E-state index is 0.377. The Balaban J connectivity index is 1.96. The van der Waals surface area contributed by atoms with E-state index in [-0.39, 0.29) is 6.10 Å². The summed E-state index contributed by atoms with van der Waals surface area (Å²) in [6.07, 6.45) is 5.55. The molecule has 0 spiro atoms. The van der Waals surface area contributed by atoms with Crippen molar-refractivity contribution in [1.29, 1.82) is 0 Å². The van der Waals surface area contributed by atoms with Crippen LogP contribution in [0.15, 0.2) is 18.5 Å². The highest BCUT2D eigenvalue weighted by Gasteiger charge is 2.05. The van der Waals surface area contributed by atoms with Crippen molar-refractivity contribution in [3.05, 3.63) is 18.5 Å². The lowest BCUT2D eigenvalue weighted by Crippen LogP contribution is -2.32. The number of rotatable bonds is 10. The van der Waals surface area contributed by atoms with E-state index < -0.39 is 0 Å². The van der Waals surface area contributed by atoms with Gasteiger partial charge >= 0.3 is 0 Å². The monoisotopic (exact) mass is 268 g/mol. The molecule has 1 unspecified atom stereocenters. The van der Waals surface area contributed by atoms with E-state index in [0.717, 1.165) is 19.5 Å². The van der Waals surface area contributed by atoms with Gasteiger partial charge in [0, 0.05) is 25.0 Å². The second-order valence-corrected chi connectivity index (χ2v) is 5.37. The van der Waals surface area contributed by atoms with Crippen molar-refractivity contribution in [3.8, 4) is 0 Å². The largest absolute Gasteiger partial charge is 0.390 e. The molecular weight excluding hydrogens is 240 g/mol. The molecule has 5 heteroatoms. The van der Waals surface area contributed by atoms with Gasteiger partial charge < -0.3 is 15.3 Å². The summed E-state index contributed by atoms with van der Waals surface area (Å²) in [5.74, 6) is 0. The van der Waals surface area contributed by atoms with Gasteiger partial charge in [0.1, 0.15) is 0 Å². The molecule has 0 aliphatic rings. The zero-order valence-corrected chi connectivity index (χ0v) is 12.4. The molecule has 0 saturated carbocycles. The van der Waals surface area contributed by atoms with Crippen LogP contribution < -0.4 is 5.32 Å². The highest BCUT2D eigenvalue weighted by molar-refractivity contribution is 4.78. The van der Waals surface area contributed by atoms with Gasteiger partial charge in [-0.05, 0) is 52.9 Å². The van der Waals surface area contributed by atoms with Crippen molar-refractivity contribution in [2.45, 2.75) is 45.4 Å². The minimum Gasteiger partial charge on any atom is -0.390 e. The van der Waals surface area contributed by atoms with E-state index >= 15 is 0 Å². The first-order chi connectivity index (χ1) is 9.09. The van der Waals surface area contributed by atoms with Crippen LogP contribution in [0.3, 0.4) is 0 Å². The normalized spacial score (nSPS) is 13.4. The maximum Gasteiger partial charge on any atom is 0.0860 e. The van der Waals surface area contributed by atoms with Crippen LogP contribution in [0.2, 0.25) is 0 Å². The summed E-state index contributed by atoms with van der Waals surface area (Å²) in [4.78, 5) is 2.35. The Morgan fingerprint density at radius 3 is 2.79 bits per heavy atom. The number of hydrogen-bond acceptors (Lipinski definition) is 4. The molecule has 19 heavy (non-hydrogen) atoms. The van der Waals surface area contributed by atoms with E-state index in [9.17, 15) is 5.11 Å². The summed E-state index contributed by atoms with van der Waals surface area (Å²) in [6, 6.07) is 2.48. The van der Waals surface area contributed by atoms with E-state index in [2.05, 4.69) is 36.2 Å². The lowest BCUT2D eigenvalue weighted by molar-refractivity contribution is 0.146. The molecule has 1 aromatic heterocycles. The Kier molecular flexibility index (Phi) is 7.70. The summed E-state index contributed by atoms with van der Waals surface area (Å²) in [5.41, 5.74) is 0. The van der Waals surface area contributed by atoms with E-state index in [1.165, 1.54) is 6.42 Å². The lowest BCUT2D eigenvalue weighted by atomic mass is 10.2. The quantitative estimate of drug-likeness (QED) is 0.621. The van der Waals surface area contributed by atoms with Gasteiger partial charge in [0.2, 0.25) is 0 Å². The molecule has 110 valence electrons. The molecule has 0 radical (unpaired) electrons. The maximum absolute atomic E-state index is 9.81. The third-order valence-electron chi connectivity index (χ3n) is 3.33. The number of nitrogens with one attached hydrogen (secondary N) is 1. The van der Waals surface area contributed by atoms with Crippen molar-refractivity contribution in [2.75, 3.05) is 26.7 Å². The number of aliphatic hydroxyl groups excluding tert-OH is 1. The van der Waals surface area contributed by atoms with Gasteiger partial charge in [-0.25, -0.2) is 0 Å². The van der Waals surface area contributed by atoms with Gasteiger partial charge in [-0.15, -0.1) is 0 Å². The van der Waals surface area contributed by atoms with Gasteiger partial charge in [-0.2, -0.15) is 5.10 Å². The molecular formula is C14H28N4O. The first-order valence-corrected chi connectivity index (χ1v) is 7.16. The van der Waals surface area contributed by atoms with Crippen molar-refractivity contribution < 1.29 is 5.11 Å². The molecule has 0 fully saturated rings. The number of aromatic nitrogens is 2. The highest BCUT2D eigenvalue weighted by atomic mass is 16.3. The van der Waals surface area contributed by atoms with E-state index in [0.29, 0.717) is 19.1 Å². The Bertz CT molecular complexity index is 313. The van der Waals surface area contributed by atoms with E-state index in [4.69, 9.17) is 0 Å². The summed E-state index contributed by atoms with van der Waals surface area (Å²) in [5, 5.41) is 17.2. The van der Waals surface area contributed by atoms with Gasteiger partial charge in [0.05, 0.1) is 12.6 Å². The lowest BCUT2D eigenvalue weighted by Gasteiger charge is -2.20. The van der Waals surface area contributed by atoms with E-state index in [1.807, 2.05) is 12.3 Å². The summed E-state index contributed by atoms with van der Waals surface area (Å²) in [6.45, 7) is 7.70. The maximum atomic E-state index is 9.81. The third kappa shape index (κ3) is 7.30. The molecule has 1 aromatic rings. The molecule has 0 saturated heterocycles. The Morgan fingerprint density at radius 1 is 1.37 bits per heavy atom. The van der Waals surface area contributed by atoms with Crippen LogP contribution in [0.5, 0.6) is 0 Å². The summed E-state index contributed by atoms with van der Waals surface area (Å²) in [7, 11) is 2.16. The molecule has 0 aliphatic heterocycles. The zero-order valence-electron chi connectivity index (χ0n) is 12.4. The molecule has 2 N–H and O–H groups in total. The molecule has 1 heterocycles. The van der Waals surface area contributed by atoms with Crippen LogP contribution >= 0.6 is 0 Å². The predicted molar refractivity (Wildman–Crippen MR) is 78.1 cm³/mol. The SMILES string of the molecule is CC(C)N(C)CCCCNCC(O)Cn1cccn1. The molecule has 1 rings (SSSR count). The number of unbranched alkanes of at least 4 members (excludes halogenated alkanes) is 1. The fourth-order valence-corrected chi connectivity index (χ4v) is 1.83. The first kappa shape index (κ1) is 16.1. The van der Waals surface area contributed by atoms with Crippen molar-refractivity contribution >= 4 is 0 Å². The molecule has 0 amide bonds. The molecule has 1 atom stereocenters. The Hall–Kier alpha value is -0.910. The van der Waals surface area contributed by atoms with Crippen LogP contribution in [0.4, 0.5) is 0 Å². The second kappa shape index (κ2) is 9.07. The van der Waals surface area contributed by atoms with Gasteiger partial charge in [-0.3, -0.25) is 4.68 Å². The standard InChI is InChI=1S/C14H28N4O/c1-13(2)17(3)9-5-4-7-15-11-14(19)12-18-10-6-8-16-18/h6,8,10,13-15,19H,4-5,7,9,11-12H2,1-3H3. The first-order valence-electron chi connectivity index (χ1n) is 7.16. The third-order valence-corrected chi connectivity index (χ3v) is 3.33. The van der Waals surface area contributed by atoms with Crippen molar-refractivity contribution in [2.24, 2.45) is 0 Å². The zero-order chi connectivity index (χ0) is 14.1. The predicted octanol–water partition coefficient (Wildman–Crippen LogP) is 0.954. The fraction of sp³-hybridized carbons (Fsp3) is 0.786.